The molecule has 0 aliphatic carbocycles. The highest BCUT2D eigenvalue weighted by Gasteiger charge is 2.16. The summed E-state index contributed by atoms with van der Waals surface area (Å²) in [6.07, 6.45) is 0. The molecule has 27 heavy (non-hydrogen) atoms. The molecule has 0 spiro atoms. The van der Waals surface area contributed by atoms with Gasteiger partial charge in [0.25, 0.3) is 0 Å². The largest absolute Gasteiger partial charge is 0.480 e. The van der Waals surface area contributed by atoms with E-state index in [1.54, 1.807) is 0 Å². The van der Waals surface area contributed by atoms with Gasteiger partial charge in [0.05, 0.1) is 19.7 Å². The zero-order chi connectivity index (χ0) is 20.1. The summed E-state index contributed by atoms with van der Waals surface area (Å²) < 4.78 is 5.09. The molecule has 0 amide bonds. The smallest absolute Gasteiger partial charge is 0.329 e. The minimum atomic E-state index is -1.03. The molecule has 4 N–H and O–H groups in total. The van der Waals surface area contributed by atoms with Crippen LogP contribution in [0.15, 0.2) is 0 Å². The van der Waals surface area contributed by atoms with Gasteiger partial charge in [-0.25, -0.2) is 4.79 Å². The number of aliphatic carboxylic acids is 3. The van der Waals surface area contributed by atoms with Crippen molar-refractivity contribution < 1.29 is 34.4 Å². The van der Waals surface area contributed by atoms with Gasteiger partial charge in [-0.3, -0.25) is 24.3 Å². The van der Waals surface area contributed by atoms with Crippen LogP contribution in [0.5, 0.6) is 0 Å². The van der Waals surface area contributed by atoms with Crippen LogP contribution in [0.3, 0.4) is 0 Å². The molecule has 1 aliphatic rings. The maximum Gasteiger partial charge on any atom is 0.329 e. The number of hydrogen-bond donors (Lipinski definition) is 4. The Morgan fingerprint density at radius 3 is 1.67 bits per heavy atom. The van der Waals surface area contributed by atoms with Gasteiger partial charge in [-0.15, -0.1) is 0 Å². The summed E-state index contributed by atoms with van der Waals surface area (Å²) in [7, 11) is 0. The Morgan fingerprint density at radius 1 is 0.741 bits per heavy atom. The first-order valence-corrected chi connectivity index (χ1v) is 8.97. The first-order valence-electron chi connectivity index (χ1n) is 8.97. The van der Waals surface area contributed by atoms with Crippen LogP contribution in [-0.2, 0) is 19.1 Å². The van der Waals surface area contributed by atoms with Gasteiger partial charge in [0.1, 0.15) is 6.61 Å². The minimum Gasteiger partial charge on any atom is -0.480 e. The molecule has 11 heteroatoms. The lowest BCUT2D eigenvalue weighted by molar-refractivity contribution is -0.142. The molecule has 1 saturated heterocycles. The van der Waals surface area contributed by atoms with Crippen molar-refractivity contribution in [1.82, 2.24) is 20.0 Å². The molecule has 0 bridgehead atoms. The summed E-state index contributed by atoms with van der Waals surface area (Å²) in [5, 5.41) is 29.9. The van der Waals surface area contributed by atoms with Crippen LogP contribution in [0.4, 0.5) is 0 Å². The topological polar surface area (TPSA) is 143 Å². The van der Waals surface area contributed by atoms with Gasteiger partial charge in [0.15, 0.2) is 0 Å². The van der Waals surface area contributed by atoms with Crippen LogP contribution >= 0.6 is 0 Å². The van der Waals surface area contributed by atoms with Crippen LogP contribution in [0.2, 0.25) is 0 Å². The molecule has 1 heterocycles. The Balaban J connectivity index is 2.63. The molecular formula is C16H30N4O7. The van der Waals surface area contributed by atoms with Crippen LogP contribution in [0.1, 0.15) is 0 Å². The van der Waals surface area contributed by atoms with Gasteiger partial charge in [-0.1, -0.05) is 0 Å². The van der Waals surface area contributed by atoms with Crippen molar-refractivity contribution in [2.45, 2.75) is 0 Å². The van der Waals surface area contributed by atoms with E-state index in [1.807, 2.05) is 14.7 Å². The van der Waals surface area contributed by atoms with Crippen LogP contribution in [0.25, 0.3) is 0 Å². The van der Waals surface area contributed by atoms with Gasteiger partial charge in [0.2, 0.25) is 0 Å². The third-order valence-corrected chi connectivity index (χ3v) is 4.17. The zero-order valence-corrected chi connectivity index (χ0v) is 15.5. The van der Waals surface area contributed by atoms with E-state index >= 15 is 0 Å². The fourth-order valence-electron chi connectivity index (χ4n) is 2.78. The second-order valence-electron chi connectivity index (χ2n) is 6.38. The van der Waals surface area contributed by atoms with Crippen molar-refractivity contribution in [2.75, 3.05) is 85.2 Å². The third-order valence-electron chi connectivity index (χ3n) is 4.17. The number of hydrogen-bond acceptors (Lipinski definition) is 8. The van der Waals surface area contributed by atoms with E-state index in [0.29, 0.717) is 58.9 Å². The molecule has 0 radical (unpaired) electrons. The lowest BCUT2D eigenvalue weighted by atomic mass is 10.3. The number of carbonyl (C=O) groups is 3. The summed E-state index contributed by atoms with van der Waals surface area (Å²) >= 11 is 0. The molecule has 0 aromatic rings. The average Bonchev–Trinajstić information content (AvgIpc) is 2.56. The predicted molar refractivity (Wildman–Crippen MR) is 95.9 cm³/mol. The van der Waals surface area contributed by atoms with Crippen molar-refractivity contribution in [3.63, 3.8) is 0 Å². The zero-order valence-electron chi connectivity index (χ0n) is 15.5. The SMILES string of the molecule is O=C(O)COCCN1CCN(CC(=O)O)CCNCCN(CC(=O)O)CC1. The Morgan fingerprint density at radius 2 is 1.22 bits per heavy atom. The fourth-order valence-corrected chi connectivity index (χ4v) is 2.78. The van der Waals surface area contributed by atoms with E-state index in [2.05, 4.69) is 5.32 Å². The number of carboxylic acids is 3. The van der Waals surface area contributed by atoms with Crippen molar-refractivity contribution >= 4 is 17.9 Å². The van der Waals surface area contributed by atoms with Crippen LogP contribution in [-0.4, -0.2) is 133 Å². The highest BCUT2D eigenvalue weighted by atomic mass is 16.5. The molecule has 1 fully saturated rings. The maximum atomic E-state index is 11.0. The van der Waals surface area contributed by atoms with Crippen LogP contribution in [0, 0.1) is 0 Å². The van der Waals surface area contributed by atoms with E-state index in [4.69, 9.17) is 20.1 Å². The molecule has 156 valence electrons. The summed E-state index contributed by atoms with van der Waals surface area (Å²) in [4.78, 5) is 38.3. The number of ether oxygens (including phenoxy) is 1. The van der Waals surface area contributed by atoms with Crippen molar-refractivity contribution in [3.8, 4) is 0 Å². The monoisotopic (exact) mass is 390 g/mol. The molecular weight excluding hydrogens is 360 g/mol. The molecule has 0 saturated carbocycles. The van der Waals surface area contributed by atoms with Gasteiger partial charge in [0, 0.05) is 58.9 Å². The molecule has 1 rings (SSSR count). The fraction of sp³-hybridized carbons (Fsp3) is 0.812. The van der Waals surface area contributed by atoms with Gasteiger partial charge < -0.3 is 25.4 Å². The second kappa shape index (κ2) is 13.4. The molecule has 1 aliphatic heterocycles. The van der Waals surface area contributed by atoms with Crippen molar-refractivity contribution in [1.29, 1.82) is 0 Å². The summed E-state index contributed by atoms with van der Waals surface area (Å²) in [5.41, 5.74) is 0. The lowest BCUT2D eigenvalue weighted by Gasteiger charge is -2.30. The molecule has 0 aromatic carbocycles. The quantitative estimate of drug-likeness (QED) is 0.318. The Bertz CT molecular complexity index is 448. The third kappa shape index (κ3) is 12.3. The Kier molecular flexibility index (Phi) is 11.5. The van der Waals surface area contributed by atoms with Gasteiger partial charge in [-0.05, 0) is 0 Å². The molecule has 0 atom stereocenters. The number of rotatable bonds is 9. The lowest BCUT2D eigenvalue weighted by Crippen LogP contribution is -2.47. The molecule has 0 unspecified atom stereocenters. The summed E-state index contributed by atoms with van der Waals surface area (Å²) in [6, 6.07) is 0. The standard InChI is InChI=1S/C16H30N4O7/c21-14(22)11-19-3-1-17-2-4-20(12-15(23)24)8-6-18(5-7-19)9-10-27-13-16(25)26/h17H,1-13H2,(H,21,22)(H,23,24)(H,25,26). The number of nitrogens with zero attached hydrogens (tertiary/aromatic N) is 3. The van der Waals surface area contributed by atoms with Gasteiger partial charge in [-0.2, -0.15) is 0 Å². The molecule has 0 aromatic heterocycles. The van der Waals surface area contributed by atoms with Crippen LogP contribution < -0.4 is 5.32 Å². The van der Waals surface area contributed by atoms with E-state index in [-0.39, 0.29) is 26.3 Å². The highest BCUT2D eigenvalue weighted by molar-refractivity contribution is 5.69. The number of nitrogens with one attached hydrogen (secondary N) is 1. The summed E-state index contributed by atoms with van der Waals surface area (Å²) in [5.74, 6) is -2.80. The van der Waals surface area contributed by atoms with Gasteiger partial charge >= 0.3 is 17.9 Å². The van der Waals surface area contributed by atoms with E-state index < -0.39 is 17.9 Å². The number of carboxylic acid groups (broad SMARTS) is 3. The van der Waals surface area contributed by atoms with E-state index in [1.165, 1.54) is 0 Å². The minimum absolute atomic E-state index is 0.0455. The predicted octanol–water partition coefficient (Wildman–Crippen LogP) is -2.23. The normalized spacial score (nSPS) is 19.1. The van der Waals surface area contributed by atoms with E-state index in [9.17, 15) is 14.4 Å². The van der Waals surface area contributed by atoms with Crippen molar-refractivity contribution in [3.05, 3.63) is 0 Å². The highest BCUT2D eigenvalue weighted by Crippen LogP contribution is 1.98. The Hall–Kier alpha value is -1.79. The first kappa shape index (κ1) is 23.2. The maximum absolute atomic E-state index is 11.0. The average molecular weight is 390 g/mol. The molecule has 11 nitrogen and oxygen atoms in total. The van der Waals surface area contributed by atoms with E-state index in [0.717, 1.165) is 0 Å². The summed E-state index contributed by atoms with van der Waals surface area (Å²) in [6.45, 7) is 4.95. The Labute approximate surface area is 158 Å². The second-order valence-corrected chi connectivity index (χ2v) is 6.38. The van der Waals surface area contributed by atoms with Crippen molar-refractivity contribution in [2.24, 2.45) is 0 Å². The first-order chi connectivity index (χ1) is 12.9.